The first-order chi connectivity index (χ1) is 8.86. The summed E-state index contributed by atoms with van der Waals surface area (Å²) in [5.41, 5.74) is 0. The van der Waals surface area contributed by atoms with Gasteiger partial charge in [-0.1, -0.05) is 0 Å². The van der Waals surface area contributed by atoms with E-state index < -0.39 is 52.3 Å². The zero-order valence-corrected chi connectivity index (χ0v) is 11.4. The average molecular weight is 340 g/mol. The van der Waals surface area contributed by atoms with Crippen molar-refractivity contribution in [1.82, 2.24) is 0 Å². The molecule has 0 spiro atoms. The van der Waals surface area contributed by atoms with Crippen molar-refractivity contribution in [1.29, 1.82) is 0 Å². The summed E-state index contributed by atoms with van der Waals surface area (Å²) in [6, 6.07) is 0. The molecule has 12 nitrogen and oxygen atoms in total. The fourth-order valence-corrected chi connectivity index (χ4v) is 3.42. The first-order valence-corrected chi connectivity index (χ1v) is 8.07. The second kappa shape index (κ2) is 6.05. The summed E-state index contributed by atoms with van der Waals surface area (Å²) < 4.78 is 29.2. The Morgan fingerprint density at radius 3 is 1.40 bits per heavy atom. The lowest BCUT2D eigenvalue weighted by Gasteiger charge is -2.41. The summed E-state index contributed by atoms with van der Waals surface area (Å²) in [6.45, 7) is 0. The molecule has 0 aromatic rings. The fraction of sp³-hybridized carbons (Fsp3) is 1.00. The highest BCUT2D eigenvalue weighted by atomic mass is 31.3. The highest BCUT2D eigenvalue weighted by Gasteiger charge is 2.52. The standard InChI is InChI=1S/C6H14O12P2/c7-1-2(8)4(10)6(5(11)3(1)9)17-20(15,16)18-19(12,13)14/h1-11H,(H,15,16)(H2,12,13,14)/t1?,2-,3+,4-,5-,6?/m1/s1. The van der Waals surface area contributed by atoms with E-state index in [0.29, 0.717) is 0 Å². The Kier molecular flexibility index (Phi) is 5.48. The van der Waals surface area contributed by atoms with Crippen LogP contribution in [0.3, 0.4) is 0 Å². The van der Waals surface area contributed by atoms with Crippen LogP contribution in [-0.4, -0.2) is 76.8 Å². The van der Waals surface area contributed by atoms with Gasteiger partial charge in [-0.25, -0.2) is 9.13 Å². The van der Waals surface area contributed by atoms with Gasteiger partial charge < -0.3 is 40.2 Å². The molecule has 1 rings (SSSR count). The van der Waals surface area contributed by atoms with Crippen molar-refractivity contribution >= 4 is 15.6 Å². The van der Waals surface area contributed by atoms with Gasteiger partial charge in [0.1, 0.15) is 36.6 Å². The van der Waals surface area contributed by atoms with Crippen LogP contribution in [0.25, 0.3) is 0 Å². The molecule has 3 unspecified atom stereocenters. The average Bonchev–Trinajstić information content (AvgIpc) is 2.26. The van der Waals surface area contributed by atoms with Crippen molar-refractivity contribution in [3.8, 4) is 0 Å². The Hall–Kier alpha value is 0.0600. The van der Waals surface area contributed by atoms with Gasteiger partial charge in [-0.05, 0) is 0 Å². The number of phosphoric ester groups is 1. The smallest absolute Gasteiger partial charge is 0.387 e. The Bertz CT molecular complexity index is 418. The van der Waals surface area contributed by atoms with E-state index in [9.17, 15) is 34.7 Å². The highest BCUT2D eigenvalue weighted by molar-refractivity contribution is 7.60. The van der Waals surface area contributed by atoms with Crippen LogP contribution in [0.4, 0.5) is 0 Å². The number of aliphatic hydroxyl groups is 5. The molecule has 20 heavy (non-hydrogen) atoms. The minimum atomic E-state index is -5.42. The molecular formula is C6H14O12P2. The molecule has 1 fully saturated rings. The quantitative estimate of drug-likeness (QED) is 0.233. The van der Waals surface area contributed by atoms with Gasteiger partial charge in [0.05, 0.1) is 0 Å². The van der Waals surface area contributed by atoms with E-state index in [1.165, 1.54) is 0 Å². The predicted octanol–water partition coefficient (Wildman–Crippen LogP) is -3.60. The second-order valence-electron chi connectivity index (χ2n) is 4.06. The summed E-state index contributed by atoms with van der Waals surface area (Å²) in [4.78, 5) is 25.8. The van der Waals surface area contributed by atoms with Crippen LogP contribution in [-0.2, 0) is 18.0 Å². The lowest BCUT2D eigenvalue weighted by atomic mass is 9.85. The highest BCUT2D eigenvalue weighted by Crippen LogP contribution is 2.58. The van der Waals surface area contributed by atoms with Crippen LogP contribution in [0.2, 0.25) is 0 Å². The largest absolute Gasteiger partial charge is 0.481 e. The van der Waals surface area contributed by atoms with Crippen molar-refractivity contribution in [2.24, 2.45) is 0 Å². The number of rotatable bonds is 4. The zero-order chi connectivity index (χ0) is 15.9. The first-order valence-electron chi connectivity index (χ1n) is 5.04. The molecule has 0 radical (unpaired) electrons. The summed E-state index contributed by atoms with van der Waals surface area (Å²) in [5.74, 6) is 0. The first kappa shape index (κ1) is 18.1. The van der Waals surface area contributed by atoms with Gasteiger partial charge in [0.25, 0.3) is 0 Å². The molecule has 0 aromatic heterocycles. The van der Waals surface area contributed by atoms with Crippen LogP contribution in [0, 0.1) is 0 Å². The van der Waals surface area contributed by atoms with Crippen molar-refractivity contribution in [3.63, 3.8) is 0 Å². The molecule has 1 aliphatic rings. The number of phosphoric acid groups is 2. The SMILES string of the molecule is O=P(O)(O)OP(=O)(O)OC1[C@H](O)[C@H](O)C(O)[C@H](O)[C@H]1O. The summed E-state index contributed by atoms with van der Waals surface area (Å²) in [6.07, 6.45) is -12.4. The number of hydrogen-bond donors (Lipinski definition) is 8. The van der Waals surface area contributed by atoms with E-state index in [-0.39, 0.29) is 0 Å². The van der Waals surface area contributed by atoms with E-state index in [1.807, 2.05) is 0 Å². The van der Waals surface area contributed by atoms with Crippen molar-refractivity contribution < 1.29 is 58.2 Å². The van der Waals surface area contributed by atoms with E-state index in [0.717, 1.165) is 0 Å². The third-order valence-corrected chi connectivity index (χ3v) is 4.72. The molecule has 0 saturated heterocycles. The monoisotopic (exact) mass is 340 g/mol. The normalized spacial score (nSPS) is 42.2. The van der Waals surface area contributed by atoms with E-state index in [2.05, 4.69) is 8.83 Å². The van der Waals surface area contributed by atoms with E-state index in [4.69, 9.17) is 14.7 Å². The van der Waals surface area contributed by atoms with Gasteiger partial charge in [0.15, 0.2) is 0 Å². The number of hydrogen-bond acceptors (Lipinski definition) is 9. The number of aliphatic hydroxyl groups excluding tert-OH is 5. The van der Waals surface area contributed by atoms with Crippen molar-refractivity contribution in [2.75, 3.05) is 0 Å². The van der Waals surface area contributed by atoms with Crippen LogP contribution in [0.5, 0.6) is 0 Å². The Labute approximate surface area is 111 Å². The van der Waals surface area contributed by atoms with Gasteiger partial charge in [-0.3, -0.25) is 4.52 Å². The maximum atomic E-state index is 11.3. The van der Waals surface area contributed by atoms with Gasteiger partial charge in [0.2, 0.25) is 0 Å². The summed E-state index contributed by atoms with van der Waals surface area (Å²) in [7, 11) is -10.8. The van der Waals surface area contributed by atoms with Gasteiger partial charge >= 0.3 is 15.6 Å². The molecule has 7 atom stereocenters. The van der Waals surface area contributed by atoms with Crippen LogP contribution in [0.15, 0.2) is 0 Å². The van der Waals surface area contributed by atoms with Gasteiger partial charge in [-0.2, -0.15) is 4.31 Å². The van der Waals surface area contributed by atoms with Crippen molar-refractivity contribution in [2.45, 2.75) is 36.6 Å². The maximum absolute atomic E-state index is 11.3. The molecule has 1 saturated carbocycles. The molecule has 14 heteroatoms. The van der Waals surface area contributed by atoms with Crippen LogP contribution >= 0.6 is 15.6 Å². The minimum Gasteiger partial charge on any atom is -0.387 e. The molecule has 8 N–H and O–H groups in total. The van der Waals surface area contributed by atoms with Crippen molar-refractivity contribution in [3.05, 3.63) is 0 Å². The molecular weight excluding hydrogens is 326 g/mol. The Morgan fingerprint density at radius 2 is 1.05 bits per heavy atom. The molecule has 0 bridgehead atoms. The van der Waals surface area contributed by atoms with E-state index in [1.54, 1.807) is 0 Å². The summed E-state index contributed by atoms with van der Waals surface area (Å²) in [5, 5.41) is 46.8. The van der Waals surface area contributed by atoms with Crippen LogP contribution < -0.4 is 0 Å². The molecule has 120 valence electrons. The molecule has 1 aliphatic carbocycles. The third kappa shape index (κ3) is 4.28. The summed E-state index contributed by atoms with van der Waals surface area (Å²) >= 11 is 0. The lowest BCUT2D eigenvalue weighted by Crippen LogP contribution is -2.64. The maximum Gasteiger partial charge on any atom is 0.481 e. The third-order valence-electron chi connectivity index (χ3n) is 2.54. The topological polar surface area (TPSA) is 214 Å². The lowest BCUT2D eigenvalue weighted by molar-refractivity contribution is -0.219. The predicted molar refractivity (Wildman–Crippen MR) is 57.9 cm³/mol. The van der Waals surface area contributed by atoms with E-state index >= 15 is 0 Å². The Morgan fingerprint density at radius 1 is 0.700 bits per heavy atom. The van der Waals surface area contributed by atoms with Crippen LogP contribution in [0.1, 0.15) is 0 Å². The molecule has 0 aromatic carbocycles. The molecule has 0 aliphatic heterocycles. The minimum absolute atomic E-state index is 1.96. The fourth-order valence-electron chi connectivity index (χ4n) is 1.63. The van der Waals surface area contributed by atoms with Gasteiger partial charge in [-0.15, -0.1) is 0 Å². The molecule has 0 amide bonds. The molecule has 0 heterocycles. The van der Waals surface area contributed by atoms with Gasteiger partial charge in [0, 0.05) is 0 Å². The zero-order valence-electron chi connectivity index (χ0n) is 9.57. The second-order valence-corrected chi connectivity index (χ2v) is 6.85. The Balaban J connectivity index is 2.90.